The van der Waals surface area contributed by atoms with E-state index >= 15 is 0 Å². The van der Waals surface area contributed by atoms with Gasteiger partial charge in [-0.15, -0.1) is 0 Å². The Morgan fingerprint density at radius 1 is 0.679 bits per heavy atom. The molecule has 0 aliphatic rings. The molecule has 3 nitrogen and oxygen atoms in total. The maximum Gasteiger partial charge on any atom is 0.344 e. The summed E-state index contributed by atoms with van der Waals surface area (Å²) in [6.45, 7) is 2.27. The van der Waals surface area contributed by atoms with Crippen molar-refractivity contribution >= 4 is 19.8 Å². The molecular weight excluding hydrogens is 463 g/mol. The van der Waals surface area contributed by atoms with Gasteiger partial charge in [-0.25, -0.2) is 6.14 Å². The Hall–Kier alpha value is -0.650. The number of aromatic hydroxyl groups is 1. The van der Waals surface area contributed by atoms with Gasteiger partial charge in [0.2, 0.25) is 0 Å². The standard InChI is InChI=1S/C24H41IO3/c1-2-3-4-5-6-7-8-9-10-11-12-13-14-15-16-17-18-22-19-20-23(25(27)28)24(26)21-22/h19-21,26H,2-18H2,1H3. The van der Waals surface area contributed by atoms with Crippen molar-refractivity contribution < 1.29 is 11.2 Å². The number of halogens is 1. The van der Waals surface area contributed by atoms with Crippen LogP contribution < -0.4 is 0 Å². The molecule has 1 aromatic carbocycles. The monoisotopic (exact) mass is 504 g/mol. The minimum absolute atomic E-state index is 0.0795. The highest BCUT2D eigenvalue weighted by Crippen LogP contribution is 2.28. The Balaban J connectivity index is 1.87. The summed E-state index contributed by atoms with van der Waals surface area (Å²) in [5.41, 5.74) is 1.03. The molecule has 0 amide bonds. The molecule has 0 saturated carbocycles. The number of hydrogen-bond donors (Lipinski definition) is 1. The lowest BCUT2D eigenvalue weighted by molar-refractivity contribution is 0.470. The molecule has 0 bridgehead atoms. The molecule has 162 valence electrons. The Bertz CT molecular complexity index is 573. The summed E-state index contributed by atoms with van der Waals surface area (Å²) in [6.07, 6.45) is 22.7. The van der Waals surface area contributed by atoms with Gasteiger partial charge in [-0.2, -0.15) is 0 Å². The highest BCUT2D eigenvalue weighted by molar-refractivity contribution is 14.2. The van der Waals surface area contributed by atoms with Gasteiger partial charge < -0.3 is 5.11 Å². The van der Waals surface area contributed by atoms with Gasteiger partial charge in [-0.3, -0.25) is 0 Å². The van der Waals surface area contributed by atoms with Gasteiger partial charge >= 0.3 is 19.8 Å². The summed E-state index contributed by atoms with van der Waals surface area (Å²) >= 11 is -3.57. The Morgan fingerprint density at radius 2 is 1.11 bits per heavy atom. The third-order valence-electron chi connectivity index (χ3n) is 5.50. The summed E-state index contributed by atoms with van der Waals surface area (Å²) in [4.78, 5) is 0. The molecule has 4 heteroatoms. The van der Waals surface area contributed by atoms with Crippen molar-refractivity contribution in [3.05, 3.63) is 27.3 Å². The summed E-state index contributed by atoms with van der Waals surface area (Å²) < 4.78 is 22.1. The van der Waals surface area contributed by atoms with E-state index in [9.17, 15) is 11.2 Å². The van der Waals surface area contributed by atoms with Crippen molar-refractivity contribution in [3.8, 4) is 5.75 Å². The zero-order valence-corrected chi connectivity index (χ0v) is 20.1. The number of benzene rings is 1. The molecule has 1 rings (SSSR count). The first kappa shape index (κ1) is 25.4. The van der Waals surface area contributed by atoms with Crippen molar-refractivity contribution in [2.75, 3.05) is 0 Å². The lowest BCUT2D eigenvalue weighted by Gasteiger charge is -2.05. The van der Waals surface area contributed by atoms with Crippen LogP contribution in [-0.2, 0) is 12.6 Å². The van der Waals surface area contributed by atoms with Crippen molar-refractivity contribution in [1.29, 1.82) is 0 Å². The largest absolute Gasteiger partial charge is 0.507 e. The number of rotatable bonds is 18. The summed E-state index contributed by atoms with van der Waals surface area (Å²) in [7, 11) is 0. The van der Waals surface area contributed by atoms with Gasteiger partial charge in [0.1, 0.15) is 9.32 Å². The van der Waals surface area contributed by atoms with Crippen LogP contribution in [0.3, 0.4) is 0 Å². The molecule has 0 spiro atoms. The zero-order valence-electron chi connectivity index (χ0n) is 17.9. The van der Waals surface area contributed by atoms with E-state index in [1.807, 2.05) is 6.07 Å². The van der Waals surface area contributed by atoms with Crippen LogP contribution in [0.15, 0.2) is 18.2 Å². The maximum absolute atomic E-state index is 11.0. The van der Waals surface area contributed by atoms with Crippen molar-refractivity contribution in [1.82, 2.24) is 0 Å². The normalized spacial score (nSPS) is 11.4. The molecule has 0 heterocycles. The molecule has 0 aromatic heterocycles. The average molecular weight is 504 g/mol. The van der Waals surface area contributed by atoms with Crippen LogP contribution in [0.5, 0.6) is 5.75 Å². The highest BCUT2D eigenvalue weighted by Gasteiger charge is 2.07. The predicted molar refractivity (Wildman–Crippen MR) is 125 cm³/mol. The molecule has 0 atom stereocenters. The van der Waals surface area contributed by atoms with Crippen molar-refractivity contribution in [2.24, 2.45) is 0 Å². The van der Waals surface area contributed by atoms with Gasteiger partial charge in [0, 0.05) is 0 Å². The second-order valence-corrected chi connectivity index (χ2v) is 10.5. The molecule has 0 radical (unpaired) electrons. The lowest BCUT2D eigenvalue weighted by atomic mass is 10.0. The molecule has 0 aliphatic heterocycles. The average Bonchev–Trinajstić information content (AvgIpc) is 2.67. The fourth-order valence-electron chi connectivity index (χ4n) is 3.72. The predicted octanol–water partition coefficient (Wildman–Crippen LogP) is 8.56. The number of hydrogen-bond acceptors (Lipinski definition) is 3. The fraction of sp³-hybridized carbons (Fsp3) is 0.750. The van der Waals surface area contributed by atoms with E-state index < -0.39 is 19.8 Å². The van der Waals surface area contributed by atoms with Crippen LogP contribution in [0.1, 0.15) is 115 Å². The van der Waals surface area contributed by atoms with Gasteiger partial charge in [0.25, 0.3) is 0 Å². The van der Waals surface area contributed by atoms with E-state index in [0.717, 1.165) is 18.4 Å². The number of aryl methyl sites for hydroxylation is 1. The van der Waals surface area contributed by atoms with E-state index in [-0.39, 0.29) is 9.32 Å². The van der Waals surface area contributed by atoms with E-state index in [4.69, 9.17) is 0 Å². The minimum Gasteiger partial charge on any atom is -0.507 e. The van der Waals surface area contributed by atoms with Crippen molar-refractivity contribution in [3.63, 3.8) is 0 Å². The van der Waals surface area contributed by atoms with Gasteiger partial charge in [0.15, 0.2) is 0 Å². The first-order chi connectivity index (χ1) is 13.6. The van der Waals surface area contributed by atoms with Crippen LogP contribution in [0.4, 0.5) is 0 Å². The van der Waals surface area contributed by atoms with E-state index in [1.54, 1.807) is 12.1 Å². The van der Waals surface area contributed by atoms with Crippen molar-refractivity contribution in [2.45, 2.75) is 116 Å². The van der Waals surface area contributed by atoms with Crippen LogP contribution >= 0.6 is 19.8 Å². The number of phenolic OH excluding ortho intramolecular Hbond substituents is 1. The summed E-state index contributed by atoms with van der Waals surface area (Å²) in [6, 6.07) is 4.99. The van der Waals surface area contributed by atoms with Gasteiger partial charge in [-0.1, -0.05) is 109 Å². The Morgan fingerprint density at radius 3 is 1.50 bits per heavy atom. The maximum atomic E-state index is 11.0. The SMILES string of the molecule is CCCCCCCCCCCCCCCCCCc1ccc(I(=O)=O)c(O)c1. The third kappa shape index (κ3) is 12.7. The third-order valence-corrected chi connectivity index (χ3v) is 7.36. The lowest BCUT2D eigenvalue weighted by Crippen LogP contribution is -1.88. The van der Waals surface area contributed by atoms with Gasteiger partial charge in [-0.05, 0) is 30.5 Å². The van der Waals surface area contributed by atoms with Gasteiger partial charge in [0.05, 0.1) is 0 Å². The Kier molecular flexibility index (Phi) is 15.6. The number of unbranched alkanes of at least 4 members (excludes halogenated alkanes) is 15. The highest BCUT2D eigenvalue weighted by atomic mass is 127. The molecule has 1 aromatic rings. The van der Waals surface area contributed by atoms with Crippen LogP contribution in [0.2, 0.25) is 0 Å². The molecule has 0 unspecified atom stereocenters. The smallest absolute Gasteiger partial charge is 0.344 e. The van der Waals surface area contributed by atoms with Crippen LogP contribution in [0.25, 0.3) is 0 Å². The topological polar surface area (TPSA) is 54.4 Å². The summed E-state index contributed by atoms with van der Waals surface area (Å²) in [5.74, 6) is -0.0795. The van der Waals surface area contributed by atoms with E-state index in [1.165, 1.54) is 96.3 Å². The molecule has 0 saturated heterocycles. The van der Waals surface area contributed by atoms with E-state index in [2.05, 4.69) is 6.92 Å². The molecule has 0 aliphatic carbocycles. The van der Waals surface area contributed by atoms with E-state index in [0.29, 0.717) is 0 Å². The molecule has 28 heavy (non-hydrogen) atoms. The second kappa shape index (κ2) is 17.2. The molecule has 1 N–H and O–H groups in total. The fourth-order valence-corrected chi connectivity index (χ4v) is 4.80. The Labute approximate surface area is 179 Å². The van der Waals surface area contributed by atoms with Crippen LogP contribution in [0, 0.1) is 3.57 Å². The first-order valence-electron chi connectivity index (χ1n) is 11.5. The van der Waals surface area contributed by atoms with Crippen LogP contribution in [-0.4, -0.2) is 5.11 Å². The quantitative estimate of drug-likeness (QED) is 0.161. The summed E-state index contributed by atoms with van der Waals surface area (Å²) in [5, 5.41) is 9.74. The minimum atomic E-state index is -3.57. The number of phenols is 1. The second-order valence-electron chi connectivity index (χ2n) is 8.06. The molecular formula is C24H41IO3. The molecule has 0 fully saturated rings. The first-order valence-corrected chi connectivity index (χ1v) is 14.4. The zero-order chi connectivity index (χ0) is 20.5.